The molecule has 0 atom stereocenters. The van der Waals surface area contributed by atoms with E-state index in [1.165, 1.54) is 16.9 Å². The molecular weight excluding hydrogens is 376 g/mol. The van der Waals surface area contributed by atoms with Crippen LogP contribution in [0.4, 0.5) is 5.13 Å². The SMILES string of the molecule is Cc1cccc(C(=O)N(CCc2ccccc2)c2nc(-c3ccccc3)cs2)c1. The molecule has 0 radical (unpaired) electrons. The Morgan fingerprint density at radius 3 is 2.38 bits per heavy atom. The zero-order chi connectivity index (χ0) is 20.1. The third kappa shape index (κ3) is 4.61. The standard InChI is InChI=1S/C25H22N2OS/c1-19-9-8-14-22(17-19)24(28)27(16-15-20-10-4-2-5-11-20)25-26-23(18-29-25)21-12-6-3-7-13-21/h2-14,17-18H,15-16H2,1H3. The minimum absolute atomic E-state index is 0.0152. The molecule has 0 aliphatic rings. The number of nitrogens with zero attached hydrogens (tertiary/aromatic N) is 2. The number of rotatable bonds is 6. The van der Waals surface area contributed by atoms with Crippen LogP contribution in [0.25, 0.3) is 11.3 Å². The molecule has 1 aromatic heterocycles. The molecule has 0 fully saturated rings. The zero-order valence-corrected chi connectivity index (χ0v) is 17.1. The van der Waals surface area contributed by atoms with Crippen LogP contribution in [-0.2, 0) is 6.42 Å². The number of amides is 1. The lowest BCUT2D eigenvalue weighted by atomic mass is 10.1. The second-order valence-corrected chi connectivity index (χ2v) is 7.78. The van der Waals surface area contributed by atoms with Crippen molar-refractivity contribution in [2.75, 3.05) is 11.4 Å². The summed E-state index contributed by atoms with van der Waals surface area (Å²) in [7, 11) is 0. The van der Waals surface area contributed by atoms with Crippen LogP contribution in [0.15, 0.2) is 90.3 Å². The second-order valence-electron chi connectivity index (χ2n) is 6.94. The molecule has 3 aromatic carbocycles. The lowest BCUT2D eigenvalue weighted by Crippen LogP contribution is -2.33. The topological polar surface area (TPSA) is 33.2 Å². The first-order valence-electron chi connectivity index (χ1n) is 9.64. The van der Waals surface area contributed by atoms with Gasteiger partial charge in [-0.25, -0.2) is 4.98 Å². The number of aromatic nitrogens is 1. The van der Waals surface area contributed by atoms with Crippen LogP contribution < -0.4 is 4.90 Å². The maximum absolute atomic E-state index is 13.4. The Kier molecular flexibility index (Phi) is 5.82. The summed E-state index contributed by atoms with van der Waals surface area (Å²) < 4.78 is 0. The molecule has 1 amide bonds. The number of carbonyl (C=O) groups excluding carboxylic acids is 1. The van der Waals surface area contributed by atoms with Crippen molar-refractivity contribution in [2.45, 2.75) is 13.3 Å². The van der Waals surface area contributed by atoms with Gasteiger partial charge in [-0.1, -0.05) is 78.4 Å². The van der Waals surface area contributed by atoms with Crippen LogP contribution in [-0.4, -0.2) is 17.4 Å². The van der Waals surface area contributed by atoms with Crippen LogP contribution in [0.1, 0.15) is 21.5 Å². The van der Waals surface area contributed by atoms with E-state index in [0.29, 0.717) is 12.1 Å². The number of hydrogen-bond acceptors (Lipinski definition) is 3. The van der Waals surface area contributed by atoms with Gasteiger partial charge in [0, 0.05) is 23.1 Å². The summed E-state index contributed by atoms with van der Waals surface area (Å²) in [4.78, 5) is 19.9. The molecule has 1 heterocycles. The summed E-state index contributed by atoms with van der Waals surface area (Å²) in [6, 6.07) is 28.0. The average molecular weight is 399 g/mol. The highest BCUT2D eigenvalue weighted by atomic mass is 32.1. The largest absolute Gasteiger partial charge is 0.284 e. The molecule has 29 heavy (non-hydrogen) atoms. The molecule has 0 bridgehead atoms. The number of hydrogen-bond donors (Lipinski definition) is 0. The molecule has 0 aliphatic carbocycles. The van der Waals surface area contributed by atoms with E-state index in [1.807, 2.05) is 85.1 Å². The monoisotopic (exact) mass is 398 g/mol. The van der Waals surface area contributed by atoms with E-state index in [2.05, 4.69) is 12.1 Å². The molecular formula is C25H22N2OS. The Hall–Kier alpha value is -3.24. The number of aryl methyl sites for hydroxylation is 1. The number of thiazole rings is 1. The van der Waals surface area contributed by atoms with E-state index < -0.39 is 0 Å². The van der Waals surface area contributed by atoms with Crippen molar-refractivity contribution in [1.29, 1.82) is 0 Å². The van der Waals surface area contributed by atoms with Crippen LogP contribution >= 0.6 is 11.3 Å². The van der Waals surface area contributed by atoms with Crippen molar-refractivity contribution < 1.29 is 4.79 Å². The summed E-state index contributed by atoms with van der Waals surface area (Å²) >= 11 is 1.51. The normalized spacial score (nSPS) is 10.7. The summed E-state index contributed by atoms with van der Waals surface area (Å²) in [6.07, 6.45) is 0.776. The van der Waals surface area contributed by atoms with Crippen LogP contribution in [0.2, 0.25) is 0 Å². The van der Waals surface area contributed by atoms with E-state index in [-0.39, 0.29) is 5.91 Å². The third-order valence-electron chi connectivity index (χ3n) is 4.77. The van der Waals surface area contributed by atoms with Gasteiger partial charge in [-0.05, 0) is 31.0 Å². The molecule has 0 saturated heterocycles. The first-order valence-corrected chi connectivity index (χ1v) is 10.5. The highest BCUT2D eigenvalue weighted by Gasteiger charge is 2.21. The molecule has 4 rings (SSSR count). The lowest BCUT2D eigenvalue weighted by molar-refractivity contribution is 0.0987. The summed E-state index contributed by atoms with van der Waals surface area (Å²) in [5.41, 5.74) is 4.92. The predicted molar refractivity (Wildman–Crippen MR) is 121 cm³/mol. The Balaban J connectivity index is 1.64. The fraction of sp³-hybridized carbons (Fsp3) is 0.120. The van der Waals surface area contributed by atoms with Crippen molar-refractivity contribution in [3.05, 3.63) is 107 Å². The Bertz CT molecular complexity index is 1090. The molecule has 0 N–H and O–H groups in total. The summed E-state index contributed by atoms with van der Waals surface area (Å²) in [5.74, 6) is -0.0152. The molecule has 0 unspecified atom stereocenters. The number of anilines is 1. The fourth-order valence-electron chi connectivity index (χ4n) is 3.23. The molecule has 3 nitrogen and oxygen atoms in total. The van der Waals surface area contributed by atoms with Crippen molar-refractivity contribution >= 4 is 22.4 Å². The van der Waals surface area contributed by atoms with Crippen LogP contribution in [0, 0.1) is 6.92 Å². The Labute approximate surface area is 175 Å². The highest BCUT2D eigenvalue weighted by molar-refractivity contribution is 7.14. The first-order chi connectivity index (χ1) is 14.2. The smallest absolute Gasteiger partial charge is 0.260 e. The van der Waals surface area contributed by atoms with Gasteiger partial charge in [-0.3, -0.25) is 9.69 Å². The van der Waals surface area contributed by atoms with Crippen LogP contribution in [0.5, 0.6) is 0 Å². The molecule has 144 valence electrons. The molecule has 4 aromatic rings. The van der Waals surface area contributed by atoms with Gasteiger partial charge in [0.1, 0.15) is 0 Å². The van der Waals surface area contributed by atoms with E-state index in [1.54, 1.807) is 4.90 Å². The quantitative estimate of drug-likeness (QED) is 0.399. The summed E-state index contributed by atoms with van der Waals surface area (Å²) in [5, 5.41) is 2.75. The van der Waals surface area contributed by atoms with Crippen molar-refractivity contribution in [3.63, 3.8) is 0 Å². The maximum Gasteiger partial charge on any atom is 0.260 e. The second kappa shape index (κ2) is 8.84. The number of carbonyl (C=O) groups is 1. The van der Waals surface area contributed by atoms with Crippen LogP contribution in [0.3, 0.4) is 0 Å². The van der Waals surface area contributed by atoms with Gasteiger partial charge < -0.3 is 0 Å². The van der Waals surface area contributed by atoms with E-state index >= 15 is 0 Å². The fourth-order valence-corrected chi connectivity index (χ4v) is 4.09. The van der Waals surface area contributed by atoms with Gasteiger partial charge in [0.05, 0.1) is 5.69 Å². The van der Waals surface area contributed by atoms with E-state index in [9.17, 15) is 4.79 Å². The van der Waals surface area contributed by atoms with E-state index in [4.69, 9.17) is 4.98 Å². The predicted octanol–water partition coefficient (Wildman–Crippen LogP) is 6.01. The highest BCUT2D eigenvalue weighted by Crippen LogP contribution is 2.28. The minimum atomic E-state index is -0.0152. The third-order valence-corrected chi connectivity index (χ3v) is 5.63. The first kappa shape index (κ1) is 19.1. The zero-order valence-electron chi connectivity index (χ0n) is 16.3. The van der Waals surface area contributed by atoms with Crippen molar-refractivity contribution in [3.8, 4) is 11.3 Å². The van der Waals surface area contributed by atoms with Gasteiger partial charge in [-0.15, -0.1) is 11.3 Å². The molecule has 0 saturated carbocycles. The molecule has 0 aliphatic heterocycles. The molecule has 0 spiro atoms. The Morgan fingerprint density at radius 2 is 1.66 bits per heavy atom. The summed E-state index contributed by atoms with van der Waals surface area (Å²) in [6.45, 7) is 2.58. The lowest BCUT2D eigenvalue weighted by Gasteiger charge is -2.20. The van der Waals surface area contributed by atoms with Gasteiger partial charge >= 0.3 is 0 Å². The maximum atomic E-state index is 13.4. The van der Waals surface area contributed by atoms with Gasteiger partial charge in [-0.2, -0.15) is 0 Å². The van der Waals surface area contributed by atoms with Crippen molar-refractivity contribution in [2.24, 2.45) is 0 Å². The average Bonchev–Trinajstić information content (AvgIpc) is 3.25. The Morgan fingerprint density at radius 1 is 0.931 bits per heavy atom. The minimum Gasteiger partial charge on any atom is -0.284 e. The molecule has 4 heteroatoms. The van der Waals surface area contributed by atoms with Gasteiger partial charge in [0.15, 0.2) is 5.13 Å². The number of benzene rings is 3. The van der Waals surface area contributed by atoms with E-state index in [0.717, 1.165) is 28.4 Å². The van der Waals surface area contributed by atoms with Gasteiger partial charge in [0.25, 0.3) is 5.91 Å². The van der Waals surface area contributed by atoms with Crippen molar-refractivity contribution in [1.82, 2.24) is 4.98 Å². The van der Waals surface area contributed by atoms with Gasteiger partial charge in [0.2, 0.25) is 0 Å².